The van der Waals surface area contributed by atoms with Crippen LogP contribution in [0.2, 0.25) is 0 Å². The lowest BCUT2D eigenvalue weighted by atomic mass is 9.86. The van der Waals surface area contributed by atoms with E-state index >= 15 is 0 Å². The van der Waals surface area contributed by atoms with Crippen LogP contribution in [0.15, 0.2) is 67.3 Å². The molecule has 118 valence electrons. The first-order chi connectivity index (χ1) is 11.2. The van der Waals surface area contributed by atoms with Gasteiger partial charge in [-0.25, -0.2) is 0 Å². The lowest BCUT2D eigenvalue weighted by Gasteiger charge is -2.34. The largest absolute Gasteiger partial charge is 0.368 e. The number of nitrogens with one attached hydrogen (secondary N) is 1. The van der Waals surface area contributed by atoms with Gasteiger partial charge in [0, 0.05) is 5.54 Å². The first-order valence-corrected chi connectivity index (χ1v) is 7.97. The number of nitrogens with two attached hydrogens (primary N) is 1. The zero-order valence-electron chi connectivity index (χ0n) is 13.2. The summed E-state index contributed by atoms with van der Waals surface area (Å²) in [4.78, 5) is 12.1. The Hall–Kier alpha value is -2.39. The molecule has 3 heteroatoms. The maximum atomic E-state index is 12.1. The van der Waals surface area contributed by atoms with Gasteiger partial charge in [-0.05, 0) is 36.0 Å². The second-order valence-electron chi connectivity index (χ2n) is 6.12. The number of carbonyl (C=O) groups is 1. The van der Waals surface area contributed by atoms with E-state index in [1.165, 1.54) is 11.1 Å². The van der Waals surface area contributed by atoms with Gasteiger partial charge in [0.25, 0.3) is 0 Å². The molecule has 0 bridgehead atoms. The molecule has 0 unspecified atom stereocenters. The van der Waals surface area contributed by atoms with Crippen molar-refractivity contribution in [2.45, 2.75) is 30.8 Å². The van der Waals surface area contributed by atoms with E-state index in [9.17, 15) is 4.79 Å². The number of primary amides is 1. The number of hydrogen-bond acceptors (Lipinski definition) is 2. The Morgan fingerprint density at radius 1 is 1.22 bits per heavy atom. The van der Waals surface area contributed by atoms with Crippen molar-refractivity contribution in [2.24, 2.45) is 5.73 Å². The van der Waals surface area contributed by atoms with E-state index < -0.39 is 6.04 Å². The molecule has 1 aliphatic rings. The fraction of sp³-hybridized carbons (Fsp3) is 0.250. The Balaban J connectivity index is 1.99. The number of hydrogen-bond donors (Lipinski definition) is 2. The van der Waals surface area contributed by atoms with Crippen LogP contribution < -0.4 is 11.1 Å². The highest BCUT2D eigenvalue weighted by Crippen LogP contribution is 2.41. The molecule has 0 aliphatic heterocycles. The molecule has 3 rings (SSSR count). The van der Waals surface area contributed by atoms with E-state index in [0.29, 0.717) is 0 Å². The van der Waals surface area contributed by atoms with Crippen molar-refractivity contribution >= 4 is 5.91 Å². The van der Waals surface area contributed by atoms with E-state index in [-0.39, 0.29) is 11.4 Å². The van der Waals surface area contributed by atoms with Crippen molar-refractivity contribution in [2.75, 3.05) is 0 Å². The molecule has 0 heterocycles. The third-order valence-electron chi connectivity index (χ3n) is 4.68. The fourth-order valence-corrected chi connectivity index (χ4v) is 3.60. The van der Waals surface area contributed by atoms with Crippen molar-refractivity contribution in [1.29, 1.82) is 0 Å². The first-order valence-electron chi connectivity index (χ1n) is 7.97. The van der Waals surface area contributed by atoms with Gasteiger partial charge in [0.15, 0.2) is 0 Å². The van der Waals surface area contributed by atoms with E-state index in [1.807, 2.05) is 42.5 Å². The highest BCUT2D eigenvalue weighted by Gasteiger charge is 2.40. The molecule has 2 atom stereocenters. The summed E-state index contributed by atoms with van der Waals surface area (Å²) in [5.41, 5.74) is 8.89. The zero-order valence-corrected chi connectivity index (χ0v) is 13.2. The van der Waals surface area contributed by atoms with Gasteiger partial charge in [0.2, 0.25) is 5.91 Å². The Kier molecular flexibility index (Phi) is 4.30. The van der Waals surface area contributed by atoms with Crippen LogP contribution in [0.3, 0.4) is 0 Å². The summed E-state index contributed by atoms with van der Waals surface area (Å²) in [6, 6.07) is 17.6. The summed E-state index contributed by atoms with van der Waals surface area (Å²) in [7, 11) is 0. The number of benzene rings is 2. The maximum absolute atomic E-state index is 12.1. The molecule has 0 aromatic heterocycles. The standard InChI is InChI=1S/C20H22N2O/c1-2-13-20(14-12-15-8-6-7-11-17(15)20)22-18(19(21)23)16-9-4-3-5-10-16/h2-11,18,22H,1,12-14H2,(H2,21,23)/t18-,20+/m1/s1. The number of fused-ring (bicyclic) bond motifs is 1. The third-order valence-corrected chi connectivity index (χ3v) is 4.68. The minimum atomic E-state index is -0.512. The molecule has 0 spiro atoms. The maximum Gasteiger partial charge on any atom is 0.239 e. The molecule has 2 aromatic carbocycles. The van der Waals surface area contributed by atoms with Gasteiger partial charge in [-0.3, -0.25) is 10.1 Å². The molecule has 2 aromatic rings. The lowest BCUT2D eigenvalue weighted by Crippen LogP contribution is -2.46. The number of amides is 1. The summed E-state index contributed by atoms with van der Waals surface area (Å²) in [5, 5.41) is 3.56. The molecule has 1 amide bonds. The van der Waals surface area contributed by atoms with Crippen LogP contribution >= 0.6 is 0 Å². The van der Waals surface area contributed by atoms with Crippen molar-refractivity contribution < 1.29 is 4.79 Å². The van der Waals surface area contributed by atoms with Gasteiger partial charge in [-0.2, -0.15) is 0 Å². The Bertz CT molecular complexity index is 711. The SMILES string of the molecule is C=CC[C@]1(N[C@@H](C(N)=O)c2ccccc2)CCc2ccccc21. The Morgan fingerprint density at radius 2 is 1.91 bits per heavy atom. The van der Waals surface area contributed by atoms with Crippen molar-refractivity contribution in [1.82, 2.24) is 5.32 Å². The molecule has 1 aliphatic carbocycles. The van der Waals surface area contributed by atoms with Gasteiger partial charge < -0.3 is 5.73 Å². The normalized spacial score (nSPS) is 20.7. The van der Waals surface area contributed by atoms with Crippen molar-refractivity contribution in [3.63, 3.8) is 0 Å². The van der Waals surface area contributed by atoms with Crippen molar-refractivity contribution in [3.8, 4) is 0 Å². The van der Waals surface area contributed by atoms with Crippen LogP contribution in [0, 0.1) is 0 Å². The zero-order chi connectivity index (χ0) is 16.3. The predicted octanol–water partition coefficient (Wildman–Crippen LogP) is 3.22. The molecular weight excluding hydrogens is 284 g/mol. The Morgan fingerprint density at radius 3 is 2.61 bits per heavy atom. The van der Waals surface area contributed by atoms with Crippen molar-refractivity contribution in [3.05, 3.63) is 83.9 Å². The average molecular weight is 306 g/mol. The first kappa shape index (κ1) is 15.5. The summed E-state index contributed by atoms with van der Waals surface area (Å²) in [6.07, 6.45) is 4.62. The van der Waals surface area contributed by atoms with Crippen LogP contribution in [0.4, 0.5) is 0 Å². The second-order valence-corrected chi connectivity index (χ2v) is 6.12. The summed E-state index contributed by atoms with van der Waals surface area (Å²) in [6.45, 7) is 3.91. The molecule has 0 radical (unpaired) electrons. The summed E-state index contributed by atoms with van der Waals surface area (Å²) >= 11 is 0. The van der Waals surface area contributed by atoms with Gasteiger partial charge in [-0.15, -0.1) is 6.58 Å². The molecule has 0 saturated carbocycles. The van der Waals surface area contributed by atoms with Gasteiger partial charge in [-0.1, -0.05) is 60.7 Å². The van der Waals surface area contributed by atoms with Crippen LogP contribution in [0.1, 0.15) is 35.6 Å². The minimum absolute atomic E-state index is 0.284. The lowest BCUT2D eigenvalue weighted by molar-refractivity contribution is -0.120. The van der Waals surface area contributed by atoms with Crippen LogP contribution in [-0.2, 0) is 16.8 Å². The van der Waals surface area contributed by atoms with Gasteiger partial charge in [0.05, 0.1) is 0 Å². The summed E-state index contributed by atoms with van der Waals surface area (Å²) < 4.78 is 0. The molecule has 0 fully saturated rings. The predicted molar refractivity (Wildman–Crippen MR) is 92.8 cm³/mol. The molecule has 3 nitrogen and oxygen atoms in total. The number of aryl methyl sites for hydroxylation is 1. The fourth-order valence-electron chi connectivity index (χ4n) is 3.60. The van der Waals surface area contributed by atoms with Crippen LogP contribution in [0.5, 0.6) is 0 Å². The van der Waals surface area contributed by atoms with Crippen LogP contribution in [-0.4, -0.2) is 5.91 Å². The quantitative estimate of drug-likeness (QED) is 0.805. The average Bonchev–Trinajstić information content (AvgIpc) is 2.93. The Labute approximate surface area is 137 Å². The highest BCUT2D eigenvalue weighted by molar-refractivity contribution is 5.81. The number of carbonyl (C=O) groups excluding carboxylic acids is 1. The van der Waals surface area contributed by atoms with Gasteiger partial charge >= 0.3 is 0 Å². The highest BCUT2D eigenvalue weighted by atomic mass is 16.1. The third kappa shape index (κ3) is 2.92. The monoisotopic (exact) mass is 306 g/mol. The number of rotatable bonds is 6. The summed E-state index contributed by atoms with van der Waals surface area (Å²) in [5.74, 6) is -0.357. The topological polar surface area (TPSA) is 55.1 Å². The van der Waals surface area contributed by atoms with Gasteiger partial charge in [0.1, 0.15) is 6.04 Å². The molecule has 23 heavy (non-hydrogen) atoms. The van der Waals surface area contributed by atoms with E-state index in [2.05, 4.69) is 30.1 Å². The van der Waals surface area contributed by atoms with E-state index in [4.69, 9.17) is 5.73 Å². The molecular formula is C20H22N2O. The molecule has 3 N–H and O–H groups in total. The minimum Gasteiger partial charge on any atom is -0.368 e. The van der Waals surface area contributed by atoms with Crippen LogP contribution in [0.25, 0.3) is 0 Å². The van der Waals surface area contributed by atoms with E-state index in [1.54, 1.807) is 0 Å². The van der Waals surface area contributed by atoms with E-state index in [0.717, 1.165) is 24.8 Å². The smallest absolute Gasteiger partial charge is 0.239 e. The second kappa shape index (κ2) is 6.39. The molecule has 0 saturated heterocycles.